The van der Waals surface area contributed by atoms with E-state index >= 15 is 0 Å². The number of carbonyl (C=O) groups is 1. The average Bonchev–Trinajstić information content (AvgIpc) is 2.95. The molecule has 0 amide bonds. The number of carbonyl (C=O) groups excluding carboxylic acids is 1. The molecule has 3 nitrogen and oxygen atoms in total. The van der Waals surface area contributed by atoms with E-state index in [2.05, 4.69) is 44.8 Å². The van der Waals surface area contributed by atoms with E-state index < -0.39 is 0 Å². The molecule has 0 fully saturated rings. The topological polar surface area (TPSA) is 38.3 Å². The molecule has 0 radical (unpaired) electrons. The van der Waals surface area contributed by atoms with Crippen LogP contribution in [-0.2, 0) is 11.3 Å². The van der Waals surface area contributed by atoms with Gasteiger partial charge in [0, 0.05) is 21.4 Å². The molecule has 1 N–H and O–H groups in total. The maximum Gasteiger partial charge on any atom is 0.337 e. The van der Waals surface area contributed by atoms with E-state index in [1.807, 2.05) is 12.1 Å². The number of benzene rings is 2. The molecule has 1 heterocycles. The van der Waals surface area contributed by atoms with Crippen molar-refractivity contribution in [2.45, 2.75) is 6.54 Å². The average molecular weight is 376 g/mol. The Kier molecular flexibility index (Phi) is 4.45. The molecule has 1 aromatic heterocycles. The van der Waals surface area contributed by atoms with Gasteiger partial charge >= 0.3 is 5.97 Å². The first-order valence-corrected chi connectivity index (χ1v) is 8.42. The van der Waals surface area contributed by atoms with Crippen LogP contribution in [0.1, 0.15) is 15.9 Å². The van der Waals surface area contributed by atoms with Gasteiger partial charge in [-0.2, -0.15) is 0 Å². The van der Waals surface area contributed by atoms with Crippen LogP contribution < -0.4 is 5.32 Å². The number of hydrogen-bond donors (Lipinski definition) is 1. The van der Waals surface area contributed by atoms with E-state index in [-0.39, 0.29) is 5.97 Å². The number of ether oxygens (including phenoxy) is 1. The first-order chi connectivity index (χ1) is 10.7. The molecule has 2 aromatic carbocycles. The molecule has 22 heavy (non-hydrogen) atoms. The Morgan fingerprint density at radius 1 is 1.23 bits per heavy atom. The maximum atomic E-state index is 11.4. The third kappa shape index (κ3) is 3.15. The predicted octanol–water partition coefficient (Wildman–Crippen LogP) is 5.06. The fraction of sp³-hybridized carbons (Fsp3) is 0.118. The Morgan fingerprint density at radius 3 is 2.73 bits per heavy atom. The third-order valence-corrected chi connectivity index (χ3v) is 4.91. The van der Waals surface area contributed by atoms with Crippen molar-refractivity contribution in [3.05, 3.63) is 63.4 Å². The summed E-state index contributed by atoms with van der Waals surface area (Å²) in [6.07, 6.45) is 0. The highest BCUT2D eigenvalue weighted by atomic mass is 79.9. The number of anilines is 1. The molecule has 0 atom stereocenters. The summed E-state index contributed by atoms with van der Waals surface area (Å²) < 4.78 is 7.06. The van der Waals surface area contributed by atoms with Crippen LogP contribution >= 0.6 is 27.3 Å². The molecule has 0 spiro atoms. The molecule has 0 aliphatic carbocycles. The highest BCUT2D eigenvalue weighted by molar-refractivity contribution is 9.10. The van der Waals surface area contributed by atoms with E-state index in [9.17, 15) is 4.79 Å². The van der Waals surface area contributed by atoms with Crippen molar-refractivity contribution >= 4 is 49.0 Å². The zero-order valence-corrected chi connectivity index (χ0v) is 14.3. The predicted molar refractivity (Wildman–Crippen MR) is 94.6 cm³/mol. The largest absolute Gasteiger partial charge is 0.465 e. The number of esters is 1. The Labute approximate surface area is 141 Å². The van der Waals surface area contributed by atoms with Crippen LogP contribution in [0.3, 0.4) is 0 Å². The van der Waals surface area contributed by atoms with Crippen molar-refractivity contribution in [1.82, 2.24) is 0 Å². The quantitative estimate of drug-likeness (QED) is 0.647. The summed E-state index contributed by atoms with van der Waals surface area (Å²) in [7, 11) is 1.38. The lowest BCUT2D eigenvalue weighted by Crippen LogP contribution is -2.02. The fourth-order valence-corrected chi connectivity index (χ4v) is 3.53. The van der Waals surface area contributed by atoms with E-state index in [1.165, 1.54) is 22.8 Å². The highest BCUT2D eigenvalue weighted by Crippen LogP contribution is 2.29. The highest BCUT2D eigenvalue weighted by Gasteiger charge is 2.06. The Balaban J connectivity index is 1.74. The maximum absolute atomic E-state index is 11.4. The lowest BCUT2D eigenvalue weighted by molar-refractivity contribution is 0.0601. The van der Waals surface area contributed by atoms with Crippen LogP contribution in [0.2, 0.25) is 0 Å². The number of methoxy groups -OCH3 is 1. The van der Waals surface area contributed by atoms with E-state index in [0.717, 1.165) is 16.7 Å². The van der Waals surface area contributed by atoms with Crippen LogP contribution in [-0.4, -0.2) is 13.1 Å². The minimum absolute atomic E-state index is 0.319. The van der Waals surface area contributed by atoms with Gasteiger partial charge in [-0.25, -0.2) is 4.79 Å². The first kappa shape index (κ1) is 15.1. The normalized spacial score (nSPS) is 10.6. The summed E-state index contributed by atoms with van der Waals surface area (Å²) in [5.41, 5.74) is 2.79. The molecule has 3 aromatic rings. The van der Waals surface area contributed by atoms with E-state index in [1.54, 1.807) is 23.5 Å². The smallest absolute Gasteiger partial charge is 0.337 e. The van der Waals surface area contributed by atoms with Crippen LogP contribution in [0.5, 0.6) is 0 Å². The van der Waals surface area contributed by atoms with Crippen molar-refractivity contribution in [3.63, 3.8) is 0 Å². The monoisotopic (exact) mass is 375 g/mol. The standard InChI is InChI=1S/C17H14BrNO2S/c1-21-17(20)11-2-5-14(6-3-11)19-9-12-10-22-16-7-4-13(18)8-15(12)16/h2-8,10,19H,9H2,1H3. The number of nitrogens with one attached hydrogen (secondary N) is 1. The van der Waals surface area contributed by atoms with Crippen LogP contribution in [0.4, 0.5) is 5.69 Å². The van der Waals surface area contributed by atoms with Gasteiger partial charge in [-0.05, 0) is 58.8 Å². The number of rotatable bonds is 4. The summed E-state index contributed by atoms with van der Waals surface area (Å²) >= 11 is 5.26. The summed E-state index contributed by atoms with van der Waals surface area (Å²) in [4.78, 5) is 11.4. The van der Waals surface area contributed by atoms with E-state index in [4.69, 9.17) is 4.74 Å². The van der Waals surface area contributed by atoms with Gasteiger partial charge in [0.05, 0.1) is 12.7 Å². The molecule has 112 valence electrons. The van der Waals surface area contributed by atoms with Crippen molar-refractivity contribution in [1.29, 1.82) is 0 Å². The molecule has 0 saturated carbocycles. The minimum atomic E-state index is -0.319. The molecular formula is C17H14BrNO2S. The van der Waals surface area contributed by atoms with Crippen molar-refractivity contribution < 1.29 is 9.53 Å². The Bertz CT molecular complexity index is 811. The molecule has 0 bridgehead atoms. The molecule has 5 heteroatoms. The second-order valence-electron chi connectivity index (χ2n) is 4.82. The Hall–Kier alpha value is -1.85. The fourth-order valence-electron chi connectivity index (χ4n) is 2.23. The first-order valence-electron chi connectivity index (χ1n) is 6.75. The van der Waals surface area contributed by atoms with Gasteiger partial charge in [0.25, 0.3) is 0 Å². The van der Waals surface area contributed by atoms with Gasteiger partial charge in [0.2, 0.25) is 0 Å². The van der Waals surface area contributed by atoms with Crippen molar-refractivity contribution in [2.75, 3.05) is 12.4 Å². The number of halogens is 1. The molecule has 0 unspecified atom stereocenters. The van der Waals surface area contributed by atoms with Gasteiger partial charge in [0.1, 0.15) is 0 Å². The van der Waals surface area contributed by atoms with Gasteiger partial charge in [0.15, 0.2) is 0 Å². The summed E-state index contributed by atoms with van der Waals surface area (Å²) in [6.45, 7) is 0.744. The van der Waals surface area contributed by atoms with Crippen LogP contribution in [0, 0.1) is 0 Å². The number of hydrogen-bond acceptors (Lipinski definition) is 4. The van der Waals surface area contributed by atoms with E-state index in [0.29, 0.717) is 5.56 Å². The summed E-state index contributed by atoms with van der Waals surface area (Å²) in [5.74, 6) is -0.319. The zero-order chi connectivity index (χ0) is 15.5. The molecule has 3 rings (SSSR count). The van der Waals surface area contributed by atoms with Gasteiger partial charge in [-0.3, -0.25) is 0 Å². The summed E-state index contributed by atoms with van der Waals surface area (Å²) in [5, 5.41) is 6.82. The SMILES string of the molecule is COC(=O)c1ccc(NCc2csc3ccc(Br)cc23)cc1. The minimum Gasteiger partial charge on any atom is -0.465 e. The zero-order valence-electron chi connectivity index (χ0n) is 11.9. The van der Waals surface area contributed by atoms with Crippen LogP contribution in [0.15, 0.2) is 52.3 Å². The third-order valence-electron chi connectivity index (χ3n) is 3.40. The van der Waals surface area contributed by atoms with Crippen molar-refractivity contribution in [2.24, 2.45) is 0 Å². The molecule has 0 aliphatic rings. The molecular weight excluding hydrogens is 362 g/mol. The number of thiophene rings is 1. The lowest BCUT2D eigenvalue weighted by atomic mass is 10.1. The van der Waals surface area contributed by atoms with Crippen LogP contribution in [0.25, 0.3) is 10.1 Å². The number of fused-ring (bicyclic) bond motifs is 1. The lowest BCUT2D eigenvalue weighted by Gasteiger charge is -2.07. The second-order valence-corrected chi connectivity index (χ2v) is 6.65. The second kappa shape index (κ2) is 6.50. The van der Waals surface area contributed by atoms with Gasteiger partial charge in [-0.1, -0.05) is 15.9 Å². The Morgan fingerprint density at radius 2 is 2.00 bits per heavy atom. The molecule has 0 saturated heterocycles. The van der Waals surface area contributed by atoms with Gasteiger partial charge in [-0.15, -0.1) is 11.3 Å². The summed E-state index contributed by atoms with van der Waals surface area (Å²) in [6, 6.07) is 13.6. The van der Waals surface area contributed by atoms with Gasteiger partial charge < -0.3 is 10.1 Å². The molecule has 0 aliphatic heterocycles. The van der Waals surface area contributed by atoms with Crippen molar-refractivity contribution in [3.8, 4) is 0 Å².